The molecule has 7 heteroatoms. The van der Waals surface area contributed by atoms with Gasteiger partial charge < -0.3 is 9.47 Å². The Morgan fingerprint density at radius 3 is 2.81 bits per heavy atom. The fourth-order valence-electron chi connectivity index (χ4n) is 3.66. The summed E-state index contributed by atoms with van der Waals surface area (Å²) < 4.78 is 3.61. The molecule has 0 saturated carbocycles. The summed E-state index contributed by atoms with van der Waals surface area (Å²) in [6.45, 7) is 6.12. The van der Waals surface area contributed by atoms with Crippen molar-refractivity contribution in [3.63, 3.8) is 0 Å². The molecule has 1 aliphatic rings. The van der Waals surface area contributed by atoms with Gasteiger partial charge in [0, 0.05) is 30.8 Å². The smallest absolute Gasteiger partial charge is 0.278 e. The van der Waals surface area contributed by atoms with E-state index in [1.165, 1.54) is 0 Å². The zero-order valence-corrected chi connectivity index (χ0v) is 15.9. The second-order valence-electron chi connectivity index (χ2n) is 6.42. The van der Waals surface area contributed by atoms with Crippen molar-refractivity contribution in [1.82, 2.24) is 19.0 Å². The van der Waals surface area contributed by atoms with E-state index in [0.717, 1.165) is 28.2 Å². The van der Waals surface area contributed by atoms with Gasteiger partial charge in [0.2, 0.25) is 5.91 Å². The summed E-state index contributed by atoms with van der Waals surface area (Å²) in [6.07, 6.45) is 0.962. The molecule has 0 fully saturated rings. The molecule has 0 atom stereocenters. The number of benzene rings is 1. The van der Waals surface area contributed by atoms with Crippen LogP contribution in [0.1, 0.15) is 20.3 Å². The van der Waals surface area contributed by atoms with Crippen LogP contribution >= 0.6 is 11.8 Å². The molecule has 4 rings (SSSR count). The molecule has 0 spiro atoms. The maximum atomic E-state index is 13.2. The number of rotatable bonds is 4. The number of carbonyl (C=O) groups excluding carboxylic acids is 1. The Morgan fingerprint density at radius 2 is 2.04 bits per heavy atom. The molecule has 3 heterocycles. The molecular formula is C19H22N4O2S. The van der Waals surface area contributed by atoms with Gasteiger partial charge in [-0.05, 0) is 26.3 Å². The first kappa shape index (κ1) is 17.1. The van der Waals surface area contributed by atoms with Crippen LogP contribution in [0.25, 0.3) is 21.9 Å². The van der Waals surface area contributed by atoms with E-state index in [0.29, 0.717) is 30.7 Å². The van der Waals surface area contributed by atoms with E-state index in [-0.39, 0.29) is 18.0 Å². The van der Waals surface area contributed by atoms with E-state index in [1.54, 1.807) is 21.2 Å². The van der Waals surface area contributed by atoms with E-state index in [2.05, 4.69) is 0 Å². The van der Waals surface area contributed by atoms with Gasteiger partial charge >= 0.3 is 0 Å². The summed E-state index contributed by atoms with van der Waals surface area (Å²) in [5.41, 5.74) is 2.10. The standard InChI is InChI=1S/C19H22N4O2S/c1-3-21(4-2)15(24)12-23-14-9-6-5-8-13(14)16-17(23)18(25)22-10-7-11-26-19(22)20-16/h5-6,8-9H,3-4,7,10-12H2,1-2H3. The maximum Gasteiger partial charge on any atom is 0.278 e. The minimum atomic E-state index is -0.0410. The lowest BCUT2D eigenvalue weighted by molar-refractivity contribution is -0.131. The number of likely N-dealkylation sites (N-methyl/N-ethyl adjacent to an activating group) is 1. The van der Waals surface area contributed by atoms with Crippen molar-refractivity contribution in [2.75, 3.05) is 18.8 Å². The molecule has 2 aromatic heterocycles. The normalized spacial score (nSPS) is 13.9. The number of carbonyl (C=O) groups is 1. The van der Waals surface area contributed by atoms with E-state index >= 15 is 0 Å². The molecular weight excluding hydrogens is 348 g/mol. The highest BCUT2D eigenvalue weighted by Gasteiger charge is 2.23. The van der Waals surface area contributed by atoms with E-state index < -0.39 is 0 Å². The predicted molar refractivity (Wildman–Crippen MR) is 105 cm³/mol. The minimum absolute atomic E-state index is 0.0224. The van der Waals surface area contributed by atoms with Crippen molar-refractivity contribution < 1.29 is 4.79 Å². The van der Waals surface area contributed by atoms with Gasteiger partial charge in [-0.2, -0.15) is 0 Å². The Labute approximate surface area is 155 Å². The fourth-order valence-corrected chi connectivity index (χ4v) is 4.60. The highest BCUT2D eigenvalue weighted by Crippen LogP contribution is 2.29. The van der Waals surface area contributed by atoms with Crippen LogP contribution in [0.15, 0.2) is 34.2 Å². The van der Waals surface area contributed by atoms with Gasteiger partial charge in [-0.25, -0.2) is 4.98 Å². The van der Waals surface area contributed by atoms with Crippen molar-refractivity contribution >= 4 is 39.6 Å². The van der Waals surface area contributed by atoms with E-state index in [9.17, 15) is 9.59 Å². The molecule has 0 aliphatic carbocycles. The van der Waals surface area contributed by atoms with Crippen LogP contribution in [0.4, 0.5) is 0 Å². The van der Waals surface area contributed by atoms with E-state index in [1.807, 2.05) is 42.7 Å². The van der Waals surface area contributed by atoms with Crippen LogP contribution < -0.4 is 5.56 Å². The number of amides is 1. The molecule has 0 radical (unpaired) electrons. The average molecular weight is 370 g/mol. The molecule has 3 aromatic rings. The number of nitrogens with zero attached hydrogens (tertiary/aromatic N) is 4. The fraction of sp³-hybridized carbons (Fsp3) is 0.421. The first-order chi connectivity index (χ1) is 12.7. The van der Waals surface area contributed by atoms with E-state index in [4.69, 9.17) is 4.98 Å². The zero-order valence-electron chi connectivity index (χ0n) is 15.1. The number of fused-ring (bicyclic) bond motifs is 4. The van der Waals surface area contributed by atoms with Crippen molar-refractivity contribution in [1.29, 1.82) is 0 Å². The Morgan fingerprint density at radius 1 is 1.27 bits per heavy atom. The van der Waals surface area contributed by atoms with Crippen molar-refractivity contribution in [2.24, 2.45) is 0 Å². The molecule has 6 nitrogen and oxygen atoms in total. The summed E-state index contributed by atoms with van der Waals surface area (Å²) in [5, 5.41) is 1.72. The second kappa shape index (κ2) is 6.79. The molecule has 0 unspecified atom stereocenters. The van der Waals surface area contributed by atoms with Crippen LogP contribution in [0.5, 0.6) is 0 Å². The van der Waals surface area contributed by atoms with Crippen LogP contribution in [0.2, 0.25) is 0 Å². The van der Waals surface area contributed by atoms with Crippen LogP contribution in [0, 0.1) is 0 Å². The Bertz CT molecular complexity index is 1050. The Hall–Kier alpha value is -2.28. The van der Waals surface area contributed by atoms with Crippen LogP contribution in [-0.4, -0.2) is 43.8 Å². The highest BCUT2D eigenvalue weighted by atomic mass is 32.2. The third kappa shape index (κ3) is 2.61. The number of hydrogen-bond acceptors (Lipinski definition) is 4. The van der Waals surface area contributed by atoms with Gasteiger partial charge in [-0.3, -0.25) is 14.2 Å². The monoisotopic (exact) mass is 370 g/mol. The predicted octanol–water partition coefficient (Wildman–Crippen LogP) is 2.72. The first-order valence-electron chi connectivity index (χ1n) is 9.08. The van der Waals surface area contributed by atoms with Gasteiger partial charge in [0.15, 0.2) is 5.16 Å². The third-order valence-electron chi connectivity index (χ3n) is 5.00. The quantitative estimate of drug-likeness (QED) is 0.663. The van der Waals surface area contributed by atoms with Crippen LogP contribution in [-0.2, 0) is 17.9 Å². The number of hydrogen-bond donors (Lipinski definition) is 0. The topological polar surface area (TPSA) is 60.1 Å². The molecule has 1 aromatic carbocycles. The van der Waals surface area contributed by atoms with Gasteiger partial charge in [0.05, 0.1) is 5.52 Å². The Balaban J connectivity index is 1.98. The van der Waals surface area contributed by atoms with Crippen molar-refractivity contribution in [2.45, 2.75) is 38.5 Å². The Kier molecular flexibility index (Phi) is 4.48. The second-order valence-corrected chi connectivity index (χ2v) is 7.48. The first-order valence-corrected chi connectivity index (χ1v) is 10.1. The van der Waals surface area contributed by atoms with Gasteiger partial charge in [-0.1, -0.05) is 30.0 Å². The molecule has 1 amide bonds. The largest absolute Gasteiger partial charge is 0.342 e. The molecule has 136 valence electrons. The highest BCUT2D eigenvalue weighted by molar-refractivity contribution is 7.99. The average Bonchev–Trinajstić information content (AvgIpc) is 2.97. The molecule has 0 bridgehead atoms. The molecule has 0 N–H and O–H groups in total. The number of thioether (sulfide) groups is 1. The molecule has 0 saturated heterocycles. The summed E-state index contributed by atoms with van der Waals surface area (Å²) >= 11 is 1.63. The summed E-state index contributed by atoms with van der Waals surface area (Å²) in [6, 6.07) is 7.83. The number of para-hydroxylation sites is 1. The molecule has 26 heavy (non-hydrogen) atoms. The van der Waals surface area contributed by atoms with Crippen LogP contribution in [0.3, 0.4) is 0 Å². The summed E-state index contributed by atoms with van der Waals surface area (Å²) in [7, 11) is 0. The number of aromatic nitrogens is 3. The van der Waals surface area contributed by atoms with Crippen molar-refractivity contribution in [3.05, 3.63) is 34.6 Å². The van der Waals surface area contributed by atoms with Gasteiger partial charge in [0.25, 0.3) is 5.56 Å². The summed E-state index contributed by atoms with van der Waals surface area (Å²) in [4.78, 5) is 32.5. The van der Waals surface area contributed by atoms with Crippen molar-refractivity contribution in [3.8, 4) is 0 Å². The maximum absolute atomic E-state index is 13.2. The van der Waals surface area contributed by atoms with Gasteiger partial charge in [-0.15, -0.1) is 0 Å². The SMILES string of the molecule is CCN(CC)C(=O)Cn1c2ccccc2c2nc3n(c(=O)c21)CCCS3. The molecule has 1 aliphatic heterocycles. The minimum Gasteiger partial charge on any atom is -0.342 e. The lowest BCUT2D eigenvalue weighted by Crippen LogP contribution is -2.34. The lowest BCUT2D eigenvalue weighted by atomic mass is 10.2. The van der Waals surface area contributed by atoms with Gasteiger partial charge in [0.1, 0.15) is 17.6 Å². The lowest BCUT2D eigenvalue weighted by Gasteiger charge is -2.20. The summed E-state index contributed by atoms with van der Waals surface area (Å²) in [5.74, 6) is 1.01. The zero-order chi connectivity index (χ0) is 18.3. The third-order valence-corrected chi connectivity index (χ3v) is 6.06.